The summed E-state index contributed by atoms with van der Waals surface area (Å²) in [6.45, 7) is 1.87. The van der Waals surface area contributed by atoms with Crippen LogP contribution in [0.25, 0.3) is 0 Å². The maximum atomic E-state index is 12.1. The van der Waals surface area contributed by atoms with E-state index in [0.717, 1.165) is 11.8 Å². The molecule has 22 heavy (non-hydrogen) atoms. The number of rotatable bonds is 4. The Bertz CT molecular complexity index is 823. The second-order valence-electron chi connectivity index (χ2n) is 4.92. The van der Waals surface area contributed by atoms with Gasteiger partial charge in [0.25, 0.3) is 11.7 Å². The highest BCUT2D eigenvalue weighted by atomic mass is 32.2. The van der Waals surface area contributed by atoms with Gasteiger partial charge in [0.15, 0.2) is 9.84 Å². The number of carbonyl (C=O) groups excluding carboxylic acids is 2. The van der Waals surface area contributed by atoms with Gasteiger partial charge < -0.3 is 5.32 Å². The number of Topliss-reactive ketones (excluding diaryl/α,β-unsaturated/α-hetero) is 1. The molecule has 2 aromatic carbocycles. The summed E-state index contributed by atoms with van der Waals surface area (Å²) in [5.41, 5.74) is 1.31. The van der Waals surface area contributed by atoms with E-state index in [1.54, 1.807) is 36.4 Å². The van der Waals surface area contributed by atoms with E-state index in [1.807, 2.05) is 6.92 Å². The average molecular weight is 317 g/mol. The number of amides is 1. The van der Waals surface area contributed by atoms with Gasteiger partial charge >= 0.3 is 0 Å². The van der Waals surface area contributed by atoms with Crippen LogP contribution in [0.4, 0.5) is 5.69 Å². The van der Waals surface area contributed by atoms with Crippen molar-refractivity contribution in [3.8, 4) is 0 Å². The number of ketones is 1. The number of benzene rings is 2. The van der Waals surface area contributed by atoms with E-state index in [1.165, 1.54) is 12.1 Å². The van der Waals surface area contributed by atoms with Crippen molar-refractivity contribution >= 4 is 27.2 Å². The molecule has 0 aliphatic carbocycles. The molecule has 0 spiro atoms. The fraction of sp³-hybridized carbons (Fsp3) is 0.125. The van der Waals surface area contributed by atoms with Crippen molar-refractivity contribution < 1.29 is 18.0 Å². The lowest BCUT2D eigenvalue weighted by Crippen LogP contribution is -2.23. The van der Waals surface area contributed by atoms with Crippen LogP contribution >= 0.6 is 0 Å². The lowest BCUT2D eigenvalue weighted by molar-refractivity contribution is -0.112. The molecule has 0 unspecified atom stereocenters. The summed E-state index contributed by atoms with van der Waals surface area (Å²) in [6, 6.07) is 12.5. The largest absolute Gasteiger partial charge is 0.318 e. The molecule has 0 atom stereocenters. The average Bonchev–Trinajstić information content (AvgIpc) is 2.46. The maximum absolute atomic E-state index is 12.1. The number of hydrogen-bond acceptors (Lipinski definition) is 4. The summed E-state index contributed by atoms with van der Waals surface area (Å²) >= 11 is 0. The van der Waals surface area contributed by atoms with Crippen molar-refractivity contribution in [3.63, 3.8) is 0 Å². The Labute approximate surface area is 128 Å². The lowest BCUT2D eigenvalue weighted by atomic mass is 10.1. The zero-order valence-corrected chi connectivity index (χ0v) is 13.0. The second-order valence-corrected chi connectivity index (χ2v) is 6.90. The van der Waals surface area contributed by atoms with E-state index in [2.05, 4.69) is 5.32 Å². The Morgan fingerprint density at radius 3 is 2.14 bits per heavy atom. The summed E-state index contributed by atoms with van der Waals surface area (Å²) in [5, 5.41) is 2.36. The normalized spacial score (nSPS) is 11.0. The van der Waals surface area contributed by atoms with Crippen LogP contribution in [-0.4, -0.2) is 26.4 Å². The predicted molar refractivity (Wildman–Crippen MR) is 83.7 cm³/mol. The molecular weight excluding hydrogens is 302 g/mol. The SMILES string of the molecule is Cc1ccc(C(=O)C(=O)Nc2ccccc2S(C)(=O)=O)cc1. The molecule has 6 heteroatoms. The molecule has 1 amide bonds. The third-order valence-corrected chi connectivity index (χ3v) is 4.21. The van der Waals surface area contributed by atoms with Crippen molar-refractivity contribution in [1.82, 2.24) is 0 Å². The maximum Gasteiger partial charge on any atom is 0.296 e. The van der Waals surface area contributed by atoms with Crippen molar-refractivity contribution in [1.29, 1.82) is 0 Å². The summed E-state index contributed by atoms with van der Waals surface area (Å²) in [4.78, 5) is 24.1. The summed E-state index contributed by atoms with van der Waals surface area (Å²) < 4.78 is 23.4. The van der Waals surface area contributed by atoms with Crippen LogP contribution in [0.1, 0.15) is 15.9 Å². The summed E-state index contributed by atoms with van der Waals surface area (Å²) in [5.74, 6) is -1.59. The van der Waals surface area contributed by atoms with Crippen LogP contribution < -0.4 is 5.32 Å². The van der Waals surface area contributed by atoms with Gasteiger partial charge in [0.1, 0.15) is 0 Å². The molecule has 0 fully saturated rings. The molecule has 0 saturated carbocycles. The van der Waals surface area contributed by atoms with Crippen molar-refractivity contribution in [2.45, 2.75) is 11.8 Å². The zero-order chi connectivity index (χ0) is 16.3. The molecule has 0 aliphatic heterocycles. The number of carbonyl (C=O) groups is 2. The highest BCUT2D eigenvalue weighted by Crippen LogP contribution is 2.20. The Morgan fingerprint density at radius 1 is 0.955 bits per heavy atom. The Balaban J connectivity index is 2.26. The standard InChI is InChI=1S/C16H15NO4S/c1-11-7-9-12(10-8-11)15(18)16(19)17-13-5-3-4-6-14(13)22(2,20)21/h3-10H,1-2H3,(H,17,19). The van der Waals surface area contributed by atoms with Crippen molar-refractivity contribution in [2.24, 2.45) is 0 Å². The first-order chi connectivity index (χ1) is 10.3. The van der Waals surface area contributed by atoms with E-state index >= 15 is 0 Å². The van der Waals surface area contributed by atoms with Gasteiger partial charge in [0.2, 0.25) is 0 Å². The van der Waals surface area contributed by atoms with Gasteiger partial charge in [-0.15, -0.1) is 0 Å². The summed E-state index contributed by atoms with van der Waals surface area (Å²) in [7, 11) is -3.50. The van der Waals surface area contributed by atoms with Gasteiger partial charge in [-0.3, -0.25) is 9.59 Å². The molecule has 0 heterocycles. The van der Waals surface area contributed by atoms with E-state index in [9.17, 15) is 18.0 Å². The van der Waals surface area contributed by atoms with E-state index in [-0.39, 0.29) is 16.1 Å². The number of anilines is 1. The monoisotopic (exact) mass is 317 g/mol. The number of hydrogen-bond donors (Lipinski definition) is 1. The Hall–Kier alpha value is -2.47. The molecule has 2 aromatic rings. The molecule has 0 bridgehead atoms. The minimum absolute atomic E-state index is 0.0277. The fourth-order valence-electron chi connectivity index (χ4n) is 1.91. The number of sulfone groups is 1. The number of nitrogens with one attached hydrogen (secondary N) is 1. The van der Waals surface area contributed by atoms with E-state index in [0.29, 0.717) is 0 Å². The van der Waals surface area contributed by atoms with Gasteiger partial charge in [0.05, 0.1) is 10.6 Å². The van der Waals surface area contributed by atoms with Crippen molar-refractivity contribution in [3.05, 3.63) is 59.7 Å². The van der Waals surface area contributed by atoms with Crippen LogP contribution in [0.5, 0.6) is 0 Å². The predicted octanol–water partition coefficient (Wildman–Crippen LogP) is 2.22. The van der Waals surface area contributed by atoms with Gasteiger partial charge in [-0.2, -0.15) is 0 Å². The first kappa shape index (κ1) is 15.9. The highest BCUT2D eigenvalue weighted by molar-refractivity contribution is 7.90. The van der Waals surface area contributed by atoms with Crippen LogP contribution in [0.2, 0.25) is 0 Å². The number of para-hydroxylation sites is 1. The third kappa shape index (κ3) is 3.59. The van der Waals surface area contributed by atoms with Gasteiger partial charge in [-0.05, 0) is 19.1 Å². The van der Waals surface area contributed by atoms with Gasteiger partial charge in [0, 0.05) is 11.8 Å². The molecule has 0 saturated heterocycles. The van der Waals surface area contributed by atoms with Crippen LogP contribution in [0, 0.1) is 6.92 Å². The topological polar surface area (TPSA) is 80.3 Å². The molecular formula is C16H15NO4S. The van der Waals surface area contributed by atoms with Gasteiger partial charge in [-0.25, -0.2) is 8.42 Å². The molecule has 1 N–H and O–H groups in total. The quantitative estimate of drug-likeness (QED) is 0.692. The van der Waals surface area contributed by atoms with Crippen LogP contribution in [0.15, 0.2) is 53.4 Å². The Morgan fingerprint density at radius 2 is 1.55 bits per heavy atom. The molecule has 2 rings (SSSR count). The number of aryl methyl sites for hydroxylation is 1. The fourth-order valence-corrected chi connectivity index (χ4v) is 2.75. The van der Waals surface area contributed by atoms with E-state index < -0.39 is 21.5 Å². The molecule has 5 nitrogen and oxygen atoms in total. The molecule has 0 aliphatic rings. The molecule has 0 aromatic heterocycles. The van der Waals surface area contributed by atoms with Crippen LogP contribution in [0.3, 0.4) is 0 Å². The minimum Gasteiger partial charge on any atom is -0.318 e. The zero-order valence-electron chi connectivity index (χ0n) is 12.2. The third-order valence-electron chi connectivity index (χ3n) is 3.05. The first-order valence-corrected chi connectivity index (χ1v) is 8.39. The highest BCUT2D eigenvalue weighted by Gasteiger charge is 2.19. The molecule has 114 valence electrons. The lowest BCUT2D eigenvalue weighted by Gasteiger charge is -2.09. The van der Waals surface area contributed by atoms with Crippen molar-refractivity contribution in [2.75, 3.05) is 11.6 Å². The first-order valence-electron chi connectivity index (χ1n) is 6.50. The smallest absolute Gasteiger partial charge is 0.296 e. The van der Waals surface area contributed by atoms with E-state index in [4.69, 9.17) is 0 Å². The second kappa shape index (κ2) is 6.11. The Kier molecular flexibility index (Phi) is 4.42. The minimum atomic E-state index is -3.50. The molecule has 0 radical (unpaired) electrons. The van der Waals surface area contributed by atoms with Crippen LogP contribution in [-0.2, 0) is 14.6 Å². The van der Waals surface area contributed by atoms with Gasteiger partial charge in [-0.1, -0.05) is 42.0 Å². The summed E-state index contributed by atoms with van der Waals surface area (Å²) in [6.07, 6.45) is 1.04.